The number of alkyl carbamates (subject to hydrolysis) is 1. The van der Waals surface area contributed by atoms with E-state index in [2.05, 4.69) is 39.6 Å². The van der Waals surface area contributed by atoms with Crippen molar-refractivity contribution in [2.24, 2.45) is 11.3 Å². The summed E-state index contributed by atoms with van der Waals surface area (Å²) in [7, 11) is 0. The maximum absolute atomic E-state index is 11.4. The molecule has 0 aromatic rings. The molecule has 1 N–H and O–H groups in total. The number of hydrogen-bond acceptors (Lipinski definition) is 4. The Bertz CT molecular complexity index is 361. The molecule has 0 fully saturated rings. The summed E-state index contributed by atoms with van der Waals surface area (Å²) in [6.07, 6.45) is 1.52. The molecule has 0 bridgehead atoms. The maximum atomic E-state index is 11.4. The number of carbonyl (C=O) groups excluding carboxylic acids is 2. The van der Waals surface area contributed by atoms with Gasteiger partial charge in [0.2, 0.25) is 0 Å². The van der Waals surface area contributed by atoms with Gasteiger partial charge in [-0.3, -0.25) is 0 Å². The minimum Gasteiger partial charge on any atom is -0.459 e. The molecule has 0 saturated heterocycles. The Balaban J connectivity index is 3.72. The van der Waals surface area contributed by atoms with Crippen LogP contribution in [-0.2, 0) is 14.3 Å². The van der Waals surface area contributed by atoms with Crippen LogP contribution in [0.5, 0.6) is 0 Å². The number of carbonyl (C=O) groups is 2. The van der Waals surface area contributed by atoms with Crippen LogP contribution < -0.4 is 5.32 Å². The van der Waals surface area contributed by atoms with Gasteiger partial charge in [0.05, 0.1) is 0 Å². The molecule has 1 amide bonds. The van der Waals surface area contributed by atoms with E-state index in [1.54, 1.807) is 6.92 Å². The van der Waals surface area contributed by atoms with Gasteiger partial charge in [0.25, 0.3) is 0 Å². The van der Waals surface area contributed by atoms with Crippen molar-refractivity contribution in [2.45, 2.75) is 47.5 Å². The third-order valence-corrected chi connectivity index (χ3v) is 2.93. The van der Waals surface area contributed by atoms with Gasteiger partial charge in [0.1, 0.15) is 13.2 Å². The molecule has 0 aromatic heterocycles. The van der Waals surface area contributed by atoms with Crippen LogP contribution in [0.25, 0.3) is 0 Å². The van der Waals surface area contributed by atoms with Crippen LogP contribution in [0, 0.1) is 11.3 Å². The minimum absolute atomic E-state index is 0.0396. The average molecular weight is 299 g/mol. The summed E-state index contributed by atoms with van der Waals surface area (Å²) in [4.78, 5) is 22.5. The molecule has 0 atom stereocenters. The van der Waals surface area contributed by atoms with Crippen molar-refractivity contribution in [3.05, 3.63) is 12.2 Å². The van der Waals surface area contributed by atoms with Crippen molar-refractivity contribution in [3.8, 4) is 0 Å². The molecule has 5 nitrogen and oxygen atoms in total. The topological polar surface area (TPSA) is 64.6 Å². The number of rotatable bonds is 9. The van der Waals surface area contributed by atoms with E-state index in [1.165, 1.54) is 0 Å². The van der Waals surface area contributed by atoms with Gasteiger partial charge in [-0.05, 0) is 31.1 Å². The standard InChI is InChI=1S/C16H29NO4/c1-12(2)11-16(5,6)7-8-17-15(19)21-10-9-20-14(18)13(3)4/h12H,3,7-11H2,1-2,4-6H3,(H,17,19). The zero-order chi connectivity index (χ0) is 16.5. The van der Waals surface area contributed by atoms with Crippen LogP contribution in [0.1, 0.15) is 47.5 Å². The predicted molar refractivity (Wildman–Crippen MR) is 83.0 cm³/mol. The zero-order valence-electron chi connectivity index (χ0n) is 14.0. The third-order valence-electron chi connectivity index (χ3n) is 2.93. The summed E-state index contributed by atoms with van der Waals surface area (Å²) >= 11 is 0. The lowest BCUT2D eigenvalue weighted by Gasteiger charge is -2.26. The first-order chi connectivity index (χ1) is 9.64. The number of hydrogen-bond donors (Lipinski definition) is 1. The second-order valence-electron chi connectivity index (χ2n) is 6.49. The van der Waals surface area contributed by atoms with Crippen molar-refractivity contribution in [1.29, 1.82) is 0 Å². The molecular formula is C16H29NO4. The molecule has 0 radical (unpaired) electrons. The van der Waals surface area contributed by atoms with Crippen LogP contribution in [-0.4, -0.2) is 31.8 Å². The molecule has 0 aliphatic rings. The van der Waals surface area contributed by atoms with Crippen LogP contribution in [0.2, 0.25) is 0 Å². The van der Waals surface area contributed by atoms with Gasteiger partial charge >= 0.3 is 12.1 Å². The van der Waals surface area contributed by atoms with Gasteiger partial charge in [-0.2, -0.15) is 0 Å². The highest BCUT2D eigenvalue weighted by Gasteiger charge is 2.19. The summed E-state index contributed by atoms with van der Waals surface area (Å²) in [5, 5.41) is 2.70. The Labute approximate surface area is 128 Å². The normalized spacial score (nSPS) is 11.1. The minimum atomic E-state index is -0.485. The van der Waals surface area contributed by atoms with Crippen LogP contribution in [0.15, 0.2) is 12.2 Å². The van der Waals surface area contributed by atoms with E-state index >= 15 is 0 Å². The van der Waals surface area contributed by atoms with E-state index in [4.69, 9.17) is 9.47 Å². The first-order valence-corrected chi connectivity index (χ1v) is 7.37. The highest BCUT2D eigenvalue weighted by molar-refractivity contribution is 5.86. The summed E-state index contributed by atoms with van der Waals surface area (Å²) < 4.78 is 9.72. The van der Waals surface area contributed by atoms with Crippen molar-refractivity contribution >= 4 is 12.1 Å². The van der Waals surface area contributed by atoms with Crippen molar-refractivity contribution in [2.75, 3.05) is 19.8 Å². The smallest absolute Gasteiger partial charge is 0.407 e. The monoisotopic (exact) mass is 299 g/mol. The molecule has 0 aromatic carbocycles. The Morgan fingerprint density at radius 1 is 1.19 bits per heavy atom. The molecule has 21 heavy (non-hydrogen) atoms. The van der Waals surface area contributed by atoms with E-state index in [0.717, 1.165) is 12.8 Å². The molecule has 0 aliphatic heterocycles. The van der Waals surface area contributed by atoms with Gasteiger partial charge < -0.3 is 14.8 Å². The van der Waals surface area contributed by atoms with Crippen LogP contribution >= 0.6 is 0 Å². The van der Waals surface area contributed by atoms with Gasteiger partial charge in [-0.25, -0.2) is 9.59 Å². The number of esters is 1. The third kappa shape index (κ3) is 10.9. The molecule has 0 saturated carbocycles. The molecule has 0 spiro atoms. The Kier molecular flexibility index (Phi) is 8.74. The molecule has 122 valence electrons. The lowest BCUT2D eigenvalue weighted by atomic mass is 9.81. The second kappa shape index (κ2) is 9.42. The van der Waals surface area contributed by atoms with Crippen molar-refractivity contribution in [1.82, 2.24) is 5.32 Å². The molecule has 0 heterocycles. The molecule has 5 heteroatoms. The predicted octanol–water partition coefficient (Wildman–Crippen LogP) is 3.29. The Morgan fingerprint density at radius 3 is 2.29 bits per heavy atom. The van der Waals surface area contributed by atoms with Crippen molar-refractivity contribution in [3.63, 3.8) is 0 Å². The van der Waals surface area contributed by atoms with Gasteiger partial charge in [0.15, 0.2) is 0 Å². The first-order valence-electron chi connectivity index (χ1n) is 7.37. The number of ether oxygens (including phenoxy) is 2. The molecule has 0 aliphatic carbocycles. The number of amides is 1. The summed E-state index contributed by atoms with van der Waals surface area (Å²) in [5.41, 5.74) is 0.519. The fraction of sp³-hybridized carbons (Fsp3) is 0.750. The highest BCUT2D eigenvalue weighted by Crippen LogP contribution is 2.28. The average Bonchev–Trinajstić information content (AvgIpc) is 2.32. The van der Waals surface area contributed by atoms with Crippen LogP contribution in [0.4, 0.5) is 4.79 Å². The first kappa shape index (κ1) is 19.5. The van der Waals surface area contributed by atoms with Gasteiger partial charge in [0, 0.05) is 12.1 Å². The quantitative estimate of drug-likeness (QED) is 0.403. The number of nitrogens with one attached hydrogen (secondary N) is 1. The Morgan fingerprint density at radius 2 is 1.76 bits per heavy atom. The van der Waals surface area contributed by atoms with Gasteiger partial charge in [-0.15, -0.1) is 0 Å². The van der Waals surface area contributed by atoms with E-state index in [1.807, 2.05) is 0 Å². The largest absolute Gasteiger partial charge is 0.459 e. The van der Waals surface area contributed by atoms with E-state index < -0.39 is 12.1 Å². The lowest BCUT2D eigenvalue weighted by Crippen LogP contribution is -2.30. The highest BCUT2D eigenvalue weighted by atomic mass is 16.6. The van der Waals surface area contributed by atoms with E-state index in [-0.39, 0.29) is 18.6 Å². The summed E-state index contributed by atoms with van der Waals surface area (Å²) in [5.74, 6) is 0.157. The van der Waals surface area contributed by atoms with E-state index in [0.29, 0.717) is 18.0 Å². The Hall–Kier alpha value is -1.52. The molecular weight excluding hydrogens is 270 g/mol. The van der Waals surface area contributed by atoms with Crippen LogP contribution in [0.3, 0.4) is 0 Å². The maximum Gasteiger partial charge on any atom is 0.407 e. The summed E-state index contributed by atoms with van der Waals surface area (Å²) in [6.45, 7) is 14.4. The lowest BCUT2D eigenvalue weighted by molar-refractivity contribution is -0.139. The van der Waals surface area contributed by atoms with Crippen molar-refractivity contribution < 1.29 is 19.1 Å². The second-order valence-corrected chi connectivity index (χ2v) is 6.49. The zero-order valence-corrected chi connectivity index (χ0v) is 14.0. The fourth-order valence-electron chi connectivity index (χ4n) is 2.15. The molecule has 0 unspecified atom stereocenters. The SMILES string of the molecule is C=C(C)C(=O)OCCOC(=O)NCCC(C)(C)CC(C)C. The fourth-order valence-corrected chi connectivity index (χ4v) is 2.15. The van der Waals surface area contributed by atoms with Gasteiger partial charge in [-0.1, -0.05) is 34.3 Å². The van der Waals surface area contributed by atoms with E-state index in [9.17, 15) is 9.59 Å². The summed E-state index contributed by atoms with van der Waals surface area (Å²) in [6, 6.07) is 0. The molecule has 0 rings (SSSR count).